The van der Waals surface area contributed by atoms with Crippen molar-refractivity contribution in [3.63, 3.8) is 0 Å². The van der Waals surface area contributed by atoms with Gasteiger partial charge in [0.25, 0.3) is 0 Å². The van der Waals surface area contributed by atoms with Crippen molar-refractivity contribution in [3.05, 3.63) is 95.0 Å². The van der Waals surface area contributed by atoms with Crippen LogP contribution in [0.2, 0.25) is 5.02 Å². The van der Waals surface area contributed by atoms with Gasteiger partial charge >= 0.3 is 0 Å². The summed E-state index contributed by atoms with van der Waals surface area (Å²) < 4.78 is 32.4. The highest BCUT2D eigenvalue weighted by molar-refractivity contribution is 7.92. The molecule has 0 saturated heterocycles. The van der Waals surface area contributed by atoms with Gasteiger partial charge < -0.3 is 15.0 Å². The van der Waals surface area contributed by atoms with E-state index < -0.39 is 28.5 Å². The van der Waals surface area contributed by atoms with Gasteiger partial charge in [-0.1, -0.05) is 74.0 Å². The van der Waals surface area contributed by atoms with Gasteiger partial charge in [0.15, 0.2) is 0 Å². The highest BCUT2D eigenvalue weighted by atomic mass is 35.5. The number of nitrogens with zero attached hydrogens (tertiary/aromatic N) is 2. The highest BCUT2D eigenvalue weighted by Crippen LogP contribution is 2.24. The van der Waals surface area contributed by atoms with Crippen LogP contribution in [0.3, 0.4) is 0 Å². The van der Waals surface area contributed by atoms with Gasteiger partial charge in [-0.05, 0) is 54.3 Å². The average Bonchev–Trinajstić information content (AvgIpc) is 2.93. The Balaban J connectivity index is 1.82. The van der Waals surface area contributed by atoms with Gasteiger partial charge in [0.1, 0.15) is 24.9 Å². The van der Waals surface area contributed by atoms with Crippen molar-refractivity contribution in [2.24, 2.45) is 5.92 Å². The second kappa shape index (κ2) is 14.2. The van der Waals surface area contributed by atoms with Crippen molar-refractivity contribution in [3.8, 4) is 5.75 Å². The fourth-order valence-electron chi connectivity index (χ4n) is 3.91. The Morgan fingerprint density at radius 2 is 1.55 bits per heavy atom. The van der Waals surface area contributed by atoms with E-state index in [-0.39, 0.29) is 18.4 Å². The predicted octanol–water partition coefficient (Wildman–Crippen LogP) is 4.87. The Labute approximate surface area is 241 Å². The molecule has 0 fully saturated rings. The Kier molecular flexibility index (Phi) is 11.0. The van der Waals surface area contributed by atoms with E-state index in [1.807, 2.05) is 44.2 Å². The molecule has 3 aromatic rings. The first-order chi connectivity index (χ1) is 19.0. The molecule has 2 amide bonds. The zero-order chi connectivity index (χ0) is 29.3. The predicted molar refractivity (Wildman–Crippen MR) is 159 cm³/mol. The molecule has 0 saturated carbocycles. The van der Waals surface area contributed by atoms with Crippen molar-refractivity contribution in [1.29, 1.82) is 0 Å². The number of carbonyl (C=O) groups excluding carboxylic acids is 2. The first-order valence-corrected chi connectivity index (χ1v) is 15.2. The molecule has 0 bridgehead atoms. The van der Waals surface area contributed by atoms with Gasteiger partial charge in [-0.15, -0.1) is 0 Å². The van der Waals surface area contributed by atoms with Gasteiger partial charge in [-0.2, -0.15) is 0 Å². The average molecular weight is 586 g/mol. The van der Waals surface area contributed by atoms with E-state index >= 15 is 0 Å². The van der Waals surface area contributed by atoms with Crippen molar-refractivity contribution in [1.82, 2.24) is 10.2 Å². The van der Waals surface area contributed by atoms with Crippen molar-refractivity contribution >= 4 is 39.1 Å². The Morgan fingerprint density at radius 1 is 0.925 bits per heavy atom. The molecule has 1 atom stereocenters. The molecule has 8 nitrogen and oxygen atoms in total. The number of sulfonamides is 1. The first kappa shape index (κ1) is 31.0. The number of ether oxygens (including phenoxy) is 1. The second-order valence-corrected chi connectivity index (χ2v) is 12.3. The summed E-state index contributed by atoms with van der Waals surface area (Å²) in [5.74, 6) is -0.0886. The van der Waals surface area contributed by atoms with E-state index in [9.17, 15) is 18.0 Å². The quantitative estimate of drug-likeness (QED) is 0.309. The van der Waals surface area contributed by atoms with E-state index in [1.54, 1.807) is 55.5 Å². The molecule has 0 spiro atoms. The maximum atomic E-state index is 13.7. The molecule has 0 aliphatic rings. The fraction of sp³-hybridized carbons (Fsp3) is 0.333. The van der Waals surface area contributed by atoms with Crippen LogP contribution < -0.4 is 14.4 Å². The molecule has 3 rings (SSSR count). The first-order valence-electron chi connectivity index (χ1n) is 13.0. The van der Waals surface area contributed by atoms with Crippen LogP contribution in [0.25, 0.3) is 0 Å². The van der Waals surface area contributed by atoms with Gasteiger partial charge in [-0.25, -0.2) is 8.42 Å². The van der Waals surface area contributed by atoms with Crippen LogP contribution in [0.5, 0.6) is 5.75 Å². The van der Waals surface area contributed by atoms with Crippen molar-refractivity contribution in [2.45, 2.75) is 40.0 Å². The summed E-state index contributed by atoms with van der Waals surface area (Å²) in [5, 5.41) is 3.30. The zero-order valence-electron chi connectivity index (χ0n) is 23.2. The van der Waals surface area contributed by atoms with E-state index in [1.165, 1.54) is 4.90 Å². The lowest BCUT2D eigenvalue weighted by molar-refractivity contribution is -0.139. The topological polar surface area (TPSA) is 96.0 Å². The standard InChI is InChI=1S/C30H36ClN3O5S/c1-22(2)18-32-30(36)23(3)33(19-25-12-8-9-13-28(25)31)29(35)20-34(40(4,37)38)26-14-16-27(17-15-26)39-21-24-10-6-5-7-11-24/h5-17,22-23H,18-21H2,1-4H3,(H,32,36). The molecule has 214 valence electrons. The fourth-order valence-corrected chi connectivity index (χ4v) is 4.95. The van der Waals surface area contributed by atoms with Gasteiger partial charge in [0.05, 0.1) is 11.9 Å². The second-order valence-electron chi connectivity index (χ2n) is 9.97. The van der Waals surface area contributed by atoms with Crippen LogP contribution >= 0.6 is 11.6 Å². The number of benzene rings is 3. The molecular weight excluding hydrogens is 550 g/mol. The summed E-state index contributed by atoms with van der Waals surface area (Å²) in [6, 6.07) is 22.3. The normalized spacial score (nSPS) is 12.1. The van der Waals surface area contributed by atoms with Crippen molar-refractivity contribution in [2.75, 3.05) is 23.7 Å². The Bertz CT molecular complexity index is 1380. The number of hydrogen-bond acceptors (Lipinski definition) is 5. The summed E-state index contributed by atoms with van der Waals surface area (Å²) >= 11 is 6.36. The molecule has 3 aromatic carbocycles. The highest BCUT2D eigenvalue weighted by Gasteiger charge is 2.30. The number of rotatable bonds is 13. The van der Waals surface area contributed by atoms with Crippen LogP contribution in [0, 0.1) is 5.92 Å². The molecule has 40 heavy (non-hydrogen) atoms. The summed E-state index contributed by atoms with van der Waals surface area (Å²) in [6.07, 6.45) is 1.04. The van der Waals surface area contributed by atoms with Crippen molar-refractivity contribution < 1.29 is 22.7 Å². The van der Waals surface area contributed by atoms with Crippen LogP contribution in [-0.4, -0.2) is 50.5 Å². The third-order valence-corrected chi connectivity index (χ3v) is 7.71. The Hall–Kier alpha value is -3.56. The molecule has 1 N–H and O–H groups in total. The van der Waals surface area contributed by atoms with E-state index in [0.29, 0.717) is 35.2 Å². The minimum Gasteiger partial charge on any atom is -0.489 e. The summed E-state index contributed by atoms with van der Waals surface area (Å²) in [6.45, 7) is 5.93. The number of hydrogen-bond donors (Lipinski definition) is 1. The maximum Gasteiger partial charge on any atom is 0.244 e. The van der Waals surface area contributed by atoms with E-state index in [4.69, 9.17) is 16.3 Å². The number of anilines is 1. The number of amides is 2. The minimum atomic E-state index is -3.84. The Morgan fingerprint density at radius 3 is 2.15 bits per heavy atom. The number of carbonyl (C=O) groups is 2. The largest absolute Gasteiger partial charge is 0.489 e. The monoisotopic (exact) mass is 585 g/mol. The van der Waals surface area contributed by atoms with Crippen LogP contribution in [0.4, 0.5) is 5.69 Å². The smallest absolute Gasteiger partial charge is 0.244 e. The lowest BCUT2D eigenvalue weighted by atomic mass is 10.1. The molecule has 10 heteroatoms. The van der Waals surface area contributed by atoms with Gasteiger partial charge in [0, 0.05) is 18.1 Å². The summed E-state index contributed by atoms with van der Waals surface area (Å²) in [7, 11) is -3.84. The van der Waals surface area contributed by atoms with Crippen LogP contribution in [0.1, 0.15) is 31.9 Å². The minimum absolute atomic E-state index is 0.0403. The zero-order valence-corrected chi connectivity index (χ0v) is 24.8. The number of halogens is 1. The third-order valence-electron chi connectivity index (χ3n) is 6.20. The molecule has 1 unspecified atom stereocenters. The van der Waals surface area contributed by atoms with E-state index in [0.717, 1.165) is 16.1 Å². The summed E-state index contributed by atoms with van der Waals surface area (Å²) in [5.41, 5.74) is 1.95. The lowest BCUT2D eigenvalue weighted by Crippen LogP contribution is -2.51. The molecule has 0 aromatic heterocycles. The van der Waals surface area contributed by atoms with Gasteiger partial charge in [-0.3, -0.25) is 13.9 Å². The molecule has 0 aliphatic heterocycles. The van der Waals surface area contributed by atoms with Gasteiger partial charge in [0.2, 0.25) is 21.8 Å². The molecule has 0 radical (unpaired) electrons. The maximum absolute atomic E-state index is 13.7. The number of nitrogens with one attached hydrogen (secondary N) is 1. The third kappa shape index (κ3) is 8.99. The van der Waals surface area contributed by atoms with Crippen LogP contribution in [-0.2, 0) is 32.8 Å². The van der Waals surface area contributed by atoms with Crippen LogP contribution in [0.15, 0.2) is 78.9 Å². The SMILES string of the molecule is CC(C)CNC(=O)C(C)N(Cc1ccccc1Cl)C(=O)CN(c1ccc(OCc2ccccc2)cc1)S(C)(=O)=O. The summed E-state index contributed by atoms with van der Waals surface area (Å²) in [4.78, 5) is 28.0. The van der Waals surface area contributed by atoms with E-state index in [2.05, 4.69) is 5.32 Å². The molecule has 0 heterocycles. The molecular formula is C30H36ClN3O5S. The lowest BCUT2D eigenvalue weighted by Gasteiger charge is -2.31. The molecule has 0 aliphatic carbocycles.